The summed E-state index contributed by atoms with van der Waals surface area (Å²) in [5.41, 5.74) is 3.40. The number of rotatable bonds is 3. The Bertz CT molecular complexity index is 547. The van der Waals surface area contributed by atoms with E-state index in [1.807, 2.05) is 0 Å². The van der Waals surface area contributed by atoms with Crippen molar-refractivity contribution in [1.29, 1.82) is 0 Å². The molecule has 0 amide bonds. The van der Waals surface area contributed by atoms with Crippen LogP contribution in [-0.2, 0) is 16.0 Å². The molecule has 0 unspecified atom stereocenters. The van der Waals surface area contributed by atoms with Gasteiger partial charge in [-0.25, -0.2) is 0 Å². The van der Waals surface area contributed by atoms with E-state index in [0.717, 1.165) is 13.0 Å². The van der Waals surface area contributed by atoms with Gasteiger partial charge in [0.05, 0.1) is 0 Å². The number of hydrogen-bond donors (Lipinski definition) is 1. The smallest absolute Gasteiger partial charge is 0.445 e. The van der Waals surface area contributed by atoms with Gasteiger partial charge in [-0.2, -0.15) is 8.42 Å². The zero-order valence-electron chi connectivity index (χ0n) is 9.75. The van der Waals surface area contributed by atoms with E-state index in [-0.39, 0.29) is 68.2 Å². The minimum Gasteiger partial charge on any atom is -0.445 e. The third kappa shape index (κ3) is 5.18. The average Bonchev–Trinajstić information content (AvgIpc) is 2.06. The van der Waals surface area contributed by atoms with Gasteiger partial charge in [0.15, 0.2) is 0 Å². The fourth-order valence-electron chi connectivity index (χ4n) is 1.50. The SMILES string of the molecule is Cc1c(CS(=O)(=O)F)cc(N)cc1[B-](F)(F)F.[K+]. The largest absolute Gasteiger partial charge is 1.00 e. The summed E-state index contributed by atoms with van der Waals surface area (Å²) in [7, 11) is -4.89. The van der Waals surface area contributed by atoms with Gasteiger partial charge in [0.2, 0.25) is 0 Å². The first kappa shape index (κ1) is 18.4. The number of nitrogens with two attached hydrogens (primary N) is 1. The van der Waals surface area contributed by atoms with Crippen LogP contribution in [0.25, 0.3) is 0 Å². The van der Waals surface area contributed by atoms with Crippen molar-refractivity contribution in [2.45, 2.75) is 12.7 Å². The quantitative estimate of drug-likeness (QED) is 0.318. The Labute approximate surface area is 145 Å². The summed E-state index contributed by atoms with van der Waals surface area (Å²) < 4.78 is 71.2. The molecular weight excluding hydrogens is 300 g/mol. The maximum atomic E-state index is 12.6. The van der Waals surface area contributed by atoms with Crippen LogP contribution in [0.5, 0.6) is 0 Å². The molecule has 0 saturated carbocycles. The van der Waals surface area contributed by atoms with Gasteiger partial charge in [0, 0.05) is 5.69 Å². The molecule has 3 nitrogen and oxygen atoms in total. The average molecular weight is 309 g/mol. The molecule has 0 aromatic heterocycles. The van der Waals surface area contributed by atoms with Crippen LogP contribution in [0.3, 0.4) is 0 Å². The van der Waals surface area contributed by atoms with E-state index in [9.17, 15) is 25.3 Å². The molecule has 0 aliphatic heterocycles. The molecule has 96 valence electrons. The molecule has 1 rings (SSSR count). The van der Waals surface area contributed by atoms with Crippen LogP contribution in [-0.4, -0.2) is 15.4 Å². The Morgan fingerprint density at radius 1 is 1.28 bits per heavy atom. The fourth-order valence-corrected chi connectivity index (χ4v) is 2.17. The summed E-state index contributed by atoms with van der Waals surface area (Å²) in [5, 5.41) is 0. The van der Waals surface area contributed by atoms with Crippen molar-refractivity contribution in [3.63, 3.8) is 0 Å². The zero-order valence-corrected chi connectivity index (χ0v) is 13.7. The summed E-state index contributed by atoms with van der Waals surface area (Å²) in [5.74, 6) is -1.11. The molecule has 18 heavy (non-hydrogen) atoms. The van der Waals surface area contributed by atoms with Crippen molar-refractivity contribution in [2.75, 3.05) is 5.73 Å². The molecule has 1 aromatic carbocycles. The van der Waals surface area contributed by atoms with Crippen LogP contribution in [0.15, 0.2) is 12.1 Å². The van der Waals surface area contributed by atoms with Gasteiger partial charge in [0.25, 0.3) is 0 Å². The van der Waals surface area contributed by atoms with Gasteiger partial charge < -0.3 is 18.7 Å². The van der Waals surface area contributed by atoms with Crippen LogP contribution in [0.1, 0.15) is 11.1 Å². The molecule has 0 radical (unpaired) electrons. The number of halogens is 4. The summed E-state index contributed by atoms with van der Waals surface area (Å²) in [6, 6.07) is 1.74. The number of hydrogen-bond acceptors (Lipinski definition) is 3. The number of nitrogen functional groups attached to an aromatic ring is 1. The Hall–Kier alpha value is 0.391. The molecule has 0 atom stereocenters. The van der Waals surface area contributed by atoms with E-state index in [1.165, 1.54) is 0 Å². The minimum absolute atomic E-state index is 0. The topological polar surface area (TPSA) is 60.2 Å². The van der Waals surface area contributed by atoms with Gasteiger partial charge in [-0.15, -0.1) is 9.35 Å². The zero-order chi connectivity index (χ0) is 13.4. The molecule has 0 aliphatic rings. The standard InChI is InChI=1S/C8H9BF4NO2S.K/c1-5-6(4-17(13,15)16)2-7(14)3-8(5)9(10,11)12;/h2-3H,4,14H2,1H3;/q-1;+1. The van der Waals surface area contributed by atoms with E-state index in [0.29, 0.717) is 6.07 Å². The van der Waals surface area contributed by atoms with Gasteiger partial charge >= 0.3 is 68.6 Å². The second kappa shape index (κ2) is 6.23. The number of anilines is 1. The third-order valence-electron chi connectivity index (χ3n) is 2.26. The molecule has 0 saturated heterocycles. The van der Waals surface area contributed by atoms with Gasteiger partial charge in [0.1, 0.15) is 5.75 Å². The molecule has 0 fully saturated rings. The summed E-state index contributed by atoms with van der Waals surface area (Å²) in [6.07, 6.45) is 0. The van der Waals surface area contributed by atoms with Gasteiger partial charge in [-0.3, -0.25) is 0 Å². The Morgan fingerprint density at radius 2 is 1.78 bits per heavy atom. The van der Waals surface area contributed by atoms with E-state index in [1.54, 1.807) is 0 Å². The van der Waals surface area contributed by atoms with Crippen molar-refractivity contribution in [2.24, 2.45) is 0 Å². The molecule has 0 spiro atoms. The summed E-state index contributed by atoms with van der Waals surface area (Å²) in [6.45, 7) is -4.23. The Morgan fingerprint density at radius 3 is 2.17 bits per heavy atom. The second-order valence-electron chi connectivity index (χ2n) is 3.65. The number of benzene rings is 1. The van der Waals surface area contributed by atoms with Crippen LogP contribution in [0.2, 0.25) is 0 Å². The normalized spacial score (nSPS) is 12.1. The summed E-state index contributed by atoms with van der Waals surface area (Å²) in [4.78, 5) is 0. The van der Waals surface area contributed by atoms with Gasteiger partial charge in [-0.05, 0) is 18.6 Å². The van der Waals surface area contributed by atoms with Gasteiger partial charge in [-0.1, -0.05) is 11.6 Å². The molecule has 10 heteroatoms. The van der Waals surface area contributed by atoms with Crippen molar-refractivity contribution in [3.8, 4) is 0 Å². The van der Waals surface area contributed by atoms with E-state index in [2.05, 4.69) is 0 Å². The molecule has 0 bridgehead atoms. The van der Waals surface area contributed by atoms with Crippen LogP contribution in [0.4, 0.5) is 22.5 Å². The summed E-state index contributed by atoms with van der Waals surface area (Å²) >= 11 is 0. The Balaban J connectivity index is 0.00000289. The van der Waals surface area contributed by atoms with Crippen LogP contribution >= 0.6 is 0 Å². The van der Waals surface area contributed by atoms with E-state index < -0.39 is 28.4 Å². The molecule has 1 aromatic rings. The van der Waals surface area contributed by atoms with Crippen LogP contribution in [0, 0.1) is 6.92 Å². The molecule has 2 N–H and O–H groups in total. The molecule has 0 aliphatic carbocycles. The third-order valence-corrected chi connectivity index (χ3v) is 2.91. The van der Waals surface area contributed by atoms with Crippen molar-refractivity contribution >= 4 is 28.4 Å². The van der Waals surface area contributed by atoms with Crippen molar-refractivity contribution in [1.82, 2.24) is 0 Å². The molecular formula is C8H9BF4KNO2S. The molecule has 0 heterocycles. The predicted octanol–water partition coefficient (Wildman–Crippen LogP) is -1.57. The maximum Gasteiger partial charge on any atom is 1.00 e. The minimum atomic E-state index is -5.31. The maximum absolute atomic E-state index is 12.6. The predicted molar refractivity (Wildman–Crippen MR) is 58.0 cm³/mol. The first-order valence-corrected chi connectivity index (χ1v) is 6.07. The Kier molecular flexibility index (Phi) is 6.36. The first-order valence-electron chi connectivity index (χ1n) is 4.52. The van der Waals surface area contributed by atoms with E-state index >= 15 is 0 Å². The fraction of sp³-hybridized carbons (Fsp3) is 0.250. The van der Waals surface area contributed by atoms with E-state index in [4.69, 9.17) is 5.73 Å². The second-order valence-corrected chi connectivity index (χ2v) is 5.02. The van der Waals surface area contributed by atoms with Crippen molar-refractivity contribution < 1.29 is 76.6 Å². The van der Waals surface area contributed by atoms with Crippen LogP contribution < -0.4 is 62.6 Å². The monoisotopic (exact) mass is 309 g/mol. The van der Waals surface area contributed by atoms with Crippen molar-refractivity contribution in [3.05, 3.63) is 23.3 Å². The first-order chi connectivity index (χ1) is 7.50.